The Hall–Kier alpha value is -1.62. The Labute approximate surface area is 112 Å². The second-order valence-electron chi connectivity index (χ2n) is 4.35. The quantitative estimate of drug-likeness (QED) is 0.800. The normalized spacial score (nSPS) is 18.7. The van der Waals surface area contributed by atoms with E-state index in [-0.39, 0.29) is 11.9 Å². The van der Waals surface area contributed by atoms with Gasteiger partial charge in [-0.1, -0.05) is 24.4 Å². The molecule has 96 valence electrons. The molecule has 3 N–H and O–H groups in total. The SMILES string of the molecule is CNC(=O)C1CCCN1c1ccccc1C(N)=S. The first-order chi connectivity index (χ1) is 8.65. The largest absolute Gasteiger partial charge is 0.389 e. The number of nitrogens with one attached hydrogen (secondary N) is 1. The van der Waals surface area contributed by atoms with Gasteiger partial charge in [0.15, 0.2) is 0 Å². The lowest BCUT2D eigenvalue weighted by molar-refractivity contribution is -0.121. The number of para-hydroxylation sites is 1. The number of nitrogens with two attached hydrogens (primary N) is 1. The summed E-state index contributed by atoms with van der Waals surface area (Å²) in [6.07, 6.45) is 1.87. The molecular weight excluding hydrogens is 246 g/mol. The lowest BCUT2D eigenvalue weighted by Crippen LogP contribution is -2.42. The Morgan fingerprint density at radius 2 is 2.22 bits per heavy atom. The lowest BCUT2D eigenvalue weighted by Gasteiger charge is -2.27. The van der Waals surface area contributed by atoms with Gasteiger partial charge in [0.1, 0.15) is 11.0 Å². The van der Waals surface area contributed by atoms with Gasteiger partial charge in [0, 0.05) is 24.8 Å². The third kappa shape index (κ3) is 2.31. The average Bonchev–Trinajstić information content (AvgIpc) is 2.86. The van der Waals surface area contributed by atoms with Crippen LogP contribution in [0.2, 0.25) is 0 Å². The molecule has 2 rings (SSSR count). The highest BCUT2D eigenvalue weighted by Crippen LogP contribution is 2.28. The van der Waals surface area contributed by atoms with Crippen LogP contribution in [0.25, 0.3) is 0 Å². The molecule has 1 atom stereocenters. The molecule has 1 saturated heterocycles. The first-order valence-corrected chi connectivity index (χ1v) is 6.43. The van der Waals surface area contributed by atoms with Gasteiger partial charge in [0.25, 0.3) is 0 Å². The fraction of sp³-hybridized carbons (Fsp3) is 0.385. The smallest absolute Gasteiger partial charge is 0.242 e. The van der Waals surface area contributed by atoms with Gasteiger partial charge >= 0.3 is 0 Å². The molecule has 0 radical (unpaired) electrons. The number of likely N-dealkylation sites (N-methyl/N-ethyl adjacent to an activating group) is 1. The predicted molar refractivity (Wildman–Crippen MR) is 76.8 cm³/mol. The van der Waals surface area contributed by atoms with Gasteiger partial charge in [0.2, 0.25) is 5.91 Å². The summed E-state index contributed by atoms with van der Waals surface area (Å²) >= 11 is 5.07. The van der Waals surface area contributed by atoms with E-state index in [0.29, 0.717) is 4.99 Å². The Morgan fingerprint density at radius 1 is 1.50 bits per heavy atom. The number of hydrogen-bond donors (Lipinski definition) is 2. The van der Waals surface area contributed by atoms with Crippen LogP contribution in [0.5, 0.6) is 0 Å². The average molecular weight is 263 g/mol. The number of anilines is 1. The van der Waals surface area contributed by atoms with E-state index < -0.39 is 0 Å². The number of hydrogen-bond acceptors (Lipinski definition) is 3. The zero-order chi connectivity index (χ0) is 13.1. The van der Waals surface area contributed by atoms with E-state index in [1.807, 2.05) is 24.3 Å². The van der Waals surface area contributed by atoms with Crippen LogP contribution in [-0.4, -0.2) is 30.5 Å². The molecule has 4 nitrogen and oxygen atoms in total. The summed E-state index contributed by atoms with van der Waals surface area (Å²) in [5, 5.41) is 2.71. The summed E-state index contributed by atoms with van der Waals surface area (Å²) in [6, 6.07) is 7.59. The molecule has 1 aromatic rings. The van der Waals surface area contributed by atoms with Crippen LogP contribution >= 0.6 is 12.2 Å². The van der Waals surface area contributed by atoms with Gasteiger partial charge in [-0.15, -0.1) is 0 Å². The molecule has 1 unspecified atom stereocenters. The van der Waals surface area contributed by atoms with Crippen LogP contribution in [0.15, 0.2) is 24.3 Å². The van der Waals surface area contributed by atoms with Crippen molar-refractivity contribution in [3.63, 3.8) is 0 Å². The first kappa shape index (κ1) is 12.8. The van der Waals surface area contributed by atoms with Gasteiger partial charge in [0.05, 0.1) is 0 Å². The molecule has 0 aromatic heterocycles. The Kier molecular flexibility index (Phi) is 3.81. The van der Waals surface area contributed by atoms with Crippen molar-refractivity contribution in [3.8, 4) is 0 Å². The van der Waals surface area contributed by atoms with Crippen molar-refractivity contribution < 1.29 is 4.79 Å². The van der Waals surface area contributed by atoms with Crippen molar-refractivity contribution in [2.45, 2.75) is 18.9 Å². The highest BCUT2D eigenvalue weighted by Gasteiger charge is 2.31. The molecular formula is C13H17N3OS. The predicted octanol–water partition coefficient (Wildman–Crippen LogP) is 1.04. The van der Waals surface area contributed by atoms with Crippen LogP contribution < -0.4 is 16.0 Å². The van der Waals surface area contributed by atoms with Crippen molar-refractivity contribution in [3.05, 3.63) is 29.8 Å². The van der Waals surface area contributed by atoms with Crippen LogP contribution in [0.3, 0.4) is 0 Å². The van der Waals surface area contributed by atoms with Gasteiger partial charge < -0.3 is 16.0 Å². The van der Waals surface area contributed by atoms with Gasteiger partial charge in [-0.2, -0.15) is 0 Å². The summed E-state index contributed by atoms with van der Waals surface area (Å²) in [5.41, 5.74) is 7.53. The summed E-state index contributed by atoms with van der Waals surface area (Å²) < 4.78 is 0. The summed E-state index contributed by atoms with van der Waals surface area (Å²) in [4.78, 5) is 14.3. The highest BCUT2D eigenvalue weighted by atomic mass is 32.1. The van der Waals surface area contributed by atoms with Crippen molar-refractivity contribution in [1.29, 1.82) is 0 Å². The maximum absolute atomic E-state index is 11.9. The van der Waals surface area contributed by atoms with Crippen LogP contribution in [-0.2, 0) is 4.79 Å². The summed E-state index contributed by atoms with van der Waals surface area (Å²) in [7, 11) is 1.66. The molecule has 18 heavy (non-hydrogen) atoms. The fourth-order valence-corrected chi connectivity index (χ4v) is 2.60. The maximum Gasteiger partial charge on any atom is 0.242 e. The van der Waals surface area contributed by atoms with Crippen molar-refractivity contribution in [2.24, 2.45) is 5.73 Å². The second kappa shape index (κ2) is 5.35. The Balaban J connectivity index is 2.36. The molecule has 0 aliphatic carbocycles. The number of benzene rings is 1. The molecule has 1 amide bonds. The zero-order valence-electron chi connectivity index (χ0n) is 10.3. The lowest BCUT2D eigenvalue weighted by atomic mass is 10.1. The molecule has 1 aromatic carbocycles. The third-order valence-electron chi connectivity index (χ3n) is 3.28. The van der Waals surface area contributed by atoms with Gasteiger partial charge in [-0.3, -0.25) is 4.79 Å². The van der Waals surface area contributed by atoms with Crippen LogP contribution in [0.4, 0.5) is 5.69 Å². The number of carbonyl (C=O) groups is 1. The zero-order valence-corrected chi connectivity index (χ0v) is 11.2. The number of thiocarbonyl (C=S) groups is 1. The number of rotatable bonds is 3. The molecule has 1 heterocycles. The van der Waals surface area contributed by atoms with E-state index in [2.05, 4.69) is 10.2 Å². The van der Waals surface area contributed by atoms with E-state index in [4.69, 9.17) is 18.0 Å². The Morgan fingerprint density at radius 3 is 2.89 bits per heavy atom. The minimum Gasteiger partial charge on any atom is -0.389 e. The number of amides is 1. The van der Waals surface area contributed by atoms with Crippen LogP contribution in [0.1, 0.15) is 18.4 Å². The summed E-state index contributed by atoms with van der Waals surface area (Å²) in [5.74, 6) is 0.0465. The minimum absolute atomic E-state index is 0.0465. The molecule has 5 heteroatoms. The molecule has 1 aliphatic rings. The van der Waals surface area contributed by atoms with Crippen molar-refractivity contribution in [2.75, 3.05) is 18.5 Å². The van der Waals surface area contributed by atoms with E-state index in [0.717, 1.165) is 30.6 Å². The molecule has 1 aliphatic heterocycles. The standard InChI is InChI=1S/C13H17N3OS/c1-15-13(17)11-7-4-8-16(11)10-6-3-2-5-9(10)12(14)18/h2-3,5-6,11H,4,7-8H2,1H3,(H2,14,18)(H,15,17). The van der Waals surface area contributed by atoms with Crippen molar-refractivity contribution in [1.82, 2.24) is 5.32 Å². The van der Waals surface area contributed by atoms with E-state index >= 15 is 0 Å². The molecule has 0 bridgehead atoms. The van der Waals surface area contributed by atoms with Gasteiger partial charge in [-0.05, 0) is 25.0 Å². The monoisotopic (exact) mass is 263 g/mol. The first-order valence-electron chi connectivity index (χ1n) is 6.02. The molecule has 0 spiro atoms. The second-order valence-corrected chi connectivity index (χ2v) is 4.79. The summed E-state index contributed by atoms with van der Waals surface area (Å²) in [6.45, 7) is 0.859. The van der Waals surface area contributed by atoms with E-state index in [1.54, 1.807) is 7.05 Å². The third-order valence-corrected chi connectivity index (χ3v) is 3.50. The maximum atomic E-state index is 11.9. The van der Waals surface area contributed by atoms with Crippen molar-refractivity contribution >= 4 is 28.8 Å². The Bertz CT molecular complexity index is 475. The highest BCUT2D eigenvalue weighted by molar-refractivity contribution is 7.80. The van der Waals surface area contributed by atoms with Crippen LogP contribution in [0, 0.1) is 0 Å². The topological polar surface area (TPSA) is 58.4 Å². The fourth-order valence-electron chi connectivity index (χ4n) is 2.43. The molecule has 1 fully saturated rings. The van der Waals surface area contributed by atoms with E-state index in [9.17, 15) is 4.79 Å². The number of carbonyl (C=O) groups excluding carboxylic acids is 1. The van der Waals surface area contributed by atoms with E-state index in [1.165, 1.54) is 0 Å². The minimum atomic E-state index is -0.120. The molecule has 0 saturated carbocycles. The van der Waals surface area contributed by atoms with Gasteiger partial charge in [-0.25, -0.2) is 0 Å². The number of nitrogens with zero attached hydrogens (tertiary/aromatic N) is 1.